The van der Waals surface area contributed by atoms with E-state index in [0.717, 1.165) is 70.0 Å². The Morgan fingerprint density at radius 1 is 1.06 bits per heavy atom. The number of likely N-dealkylation sites (tertiary alicyclic amines) is 1. The summed E-state index contributed by atoms with van der Waals surface area (Å²) < 4.78 is 24.6. The van der Waals surface area contributed by atoms with Gasteiger partial charge in [-0.15, -0.1) is 0 Å². The standard InChI is InChI=1S/C28H38FN3O3/c1-21-18-22(8-10-27(21)34-2)19-30-13-12-25(23(20-30)9-11-28(33)35-3)31-14-16-32(17-15-31)26-7-5-4-6-24(26)29/h4-8,10,18,23,25H,9,11-17,19-20H2,1-3H3/t23-,25+/m1/s1. The molecule has 0 saturated carbocycles. The highest BCUT2D eigenvalue weighted by molar-refractivity contribution is 5.69. The first kappa shape index (κ1) is 25.5. The van der Waals surface area contributed by atoms with Crippen molar-refractivity contribution in [3.05, 3.63) is 59.4 Å². The van der Waals surface area contributed by atoms with Crippen molar-refractivity contribution in [1.29, 1.82) is 0 Å². The molecule has 0 bridgehead atoms. The van der Waals surface area contributed by atoms with Crippen molar-refractivity contribution in [2.24, 2.45) is 5.92 Å². The molecule has 190 valence electrons. The summed E-state index contributed by atoms with van der Waals surface area (Å²) in [5, 5.41) is 0. The van der Waals surface area contributed by atoms with Gasteiger partial charge < -0.3 is 14.4 Å². The van der Waals surface area contributed by atoms with Gasteiger partial charge in [-0.25, -0.2) is 4.39 Å². The predicted molar refractivity (Wildman–Crippen MR) is 136 cm³/mol. The van der Waals surface area contributed by atoms with Crippen LogP contribution in [0, 0.1) is 18.7 Å². The smallest absolute Gasteiger partial charge is 0.305 e. The third-order valence-electron chi connectivity index (χ3n) is 7.57. The zero-order chi connectivity index (χ0) is 24.8. The fourth-order valence-corrected chi connectivity index (χ4v) is 5.71. The van der Waals surface area contributed by atoms with Gasteiger partial charge in [0.25, 0.3) is 0 Å². The van der Waals surface area contributed by atoms with E-state index < -0.39 is 0 Å². The molecule has 2 aliphatic heterocycles. The maximum absolute atomic E-state index is 14.3. The molecule has 4 rings (SSSR count). The molecular formula is C28H38FN3O3. The zero-order valence-electron chi connectivity index (χ0n) is 21.2. The molecule has 6 nitrogen and oxygen atoms in total. The molecule has 2 atom stereocenters. The highest BCUT2D eigenvalue weighted by atomic mass is 19.1. The summed E-state index contributed by atoms with van der Waals surface area (Å²) in [5.41, 5.74) is 3.13. The van der Waals surface area contributed by atoms with Crippen LogP contribution in [0.25, 0.3) is 0 Å². The molecule has 35 heavy (non-hydrogen) atoms. The second kappa shape index (κ2) is 11.9. The first-order valence-electron chi connectivity index (χ1n) is 12.6. The van der Waals surface area contributed by atoms with E-state index in [0.29, 0.717) is 24.1 Å². The zero-order valence-corrected chi connectivity index (χ0v) is 21.2. The van der Waals surface area contributed by atoms with Crippen LogP contribution >= 0.6 is 0 Å². The summed E-state index contributed by atoms with van der Waals surface area (Å²) in [7, 11) is 3.16. The van der Waals surface area contributed by atoms with Crippen molar-refractivity contribution in [3.8, 4) is 5.75 Å². The summed E-state index contributed by atoms with van der Waals surface area (Å²) in [6.07, 6.45) is 2.34. The summed E-state index contributed by atoms with van der Waals surface area (Å²) in [6.45, 7) is 8.41. The van der Waals surface area contributed by atoms with Crippen molar-refractivity contribution in [2.45, 2.75) is 38.8 Å². The Hall–Kier alpha value is -2.64. The molecule has 0 aromatic heterocycles. The Kier molecular flexibility index (Phi) is 8.63. The molecule has 0 unspecified atom stereocenters. The molecule has 0 spiro atoms. The van der Waals surface area contributed by atoms with Crippen molar-refractivity contribution in [2.75, 3.05) is 58.4 Å². The number of hydrogen-bond acceptors (Lipinski definition) is 6. The van der Waals surface area contributed by atoms with Gasteiger partial charge in [0.05, 0.1) is 19.9 Å². The van der Waals surface area contributed by atoms with E-state index in [1.54, 1.807) is 13.2 Å². The molecule has 0 N–H and O–H groups in total. The summed E-state index contributed by atoms with van der Waals surface area (Å²) >= 11 is 0. The Morgan fingerprint density at radius 3 is 2.51 bits per heavy atom. The number of methoxy groups -OCH3 is 2. The predicted octanol–water partition coefficient (Wildman–Crippen LogP) is 4.11. The van der Waals surface area contributed by atoms with E-state index in [1.807, 2.05) is 18.2 Å². The van der Waals surface area contributed by atoms with Crippen LogP contribution in [0.3, 0.4) is 0 Å². The van der Waals surface area contributed by atoms with Crippen LogP contribution in [0.4, 0.5) is 10.1 Å². The van der Waals surface area contributed by atoms with Gasteiger partial charge in [-0.1, -0.05) is 24.3 Å². The van der Waals surface area contributed by atoms with Crippen molar-refractivity contribution < 1.29 is 18.7 Å². The van der Waals surface area contributed by atoms with Crippen LogP contribution < -0.4 is 9.64 Å². The van der Waals surface area contributed by atoms with Crippen LogP contribution in [-0.2, 0) is 16.1 Å². The topological polar surface area (TPSA) is 45.2 Å². The number of anilines is 1. The summed E-state index contributed by atoms with van der Waals surface area (Å²) in [6, 6.07) is 13.8. The molecular weight excluding hydrogens is 445 g/mol. The van der Waals surface area contributed by atoms with E-state index in [4.69, 9.17) is 9.47 Å². The van der Waals surface area contributed by atoms with Gasteiger partial charge in [-0.2, -0.15) is 0 Å². The molecule has 7 heteroatoms. The minimum absolute atomic E-state index is 0.143. The Balaban J connectivity index is 1.40. The van der Waals surface area contributed by atoms with Gasteiger partial charge in [-0.05, 0) is 61.6 Å². The van der Waals surface area contributed by atoms with Gasteiger partial charge in [-0.3, -0.25) is 14.6 Å². The van der Waals surface area contributed by atoms with Crippen molar-refractivity contribution >= 4 is 11.7 Å². The van der Waals surface area contributed by atoms with Gasteiger partial charge in [0, 0.05) is 51.7 Å². The van der Waals surface area contributed by atoms with Crippen molar-refractivity contribution in [3.63, 3.8) is 0 Å². The Labute approximate surface area is 208 Å². The number of halogens is 1. The number of piperazine rings is 1. The fourth-order valence-electron chi connectivity index (χ4n) is 5.71. The number of ether oxygens (including phenoxy) is 2. The molecule has 2 fully saturated rings. The number of hydrogen-bond donors (Lipinski definition) is 0. The van der Waals surface area contributed by atoms with Crippen LogP contribution in [0.1, 0.15) is 30.4 Å². The fraction of sp³-hybridized carbons (Fsp3) is 0.536. The van der Waals surface area contributed by atoms with E-state index in [1.165, 1.54) is 18.7 Å². The average molecular weight is 484 g/mol. The van der Waals surface area contributed by atoms with E-state index >= 15 is 0 Å². The second-order valence-corrected chi connectivity index (χ2v) is 9.74. The molecule has 0 radical (unpaired) electrons. The Morgan fingerprint density at radius 2 is 1.83 bits per heavy atom. The maximum atomic E-state index is 14.3. The van der Waals surface area contributed by atoms with Crippen LogP contribution in [0.5, 0.6) is 5.75 Å². The van der Waals surface area contributed by atoms with E-state index in [-0.39, 0.29) is 11.8 Å². The number of esters is 1. The maximum Gasteiger partial charge on any atom is 0.305 e. The second-order valence-electron chi connectivity index (χ2n) is 9.74. The van der Waals surface area contributed by atoms with Gasteiger partial charge in [0.15, 0.2) is 0 Å². The molecule has 0 aliphatic carbocycles. The lowest BCUT2D eigenvalue weighted by Gasteiger charge is -2.47. The van der Waals surface area contributed by atoms with Crippen molar-refractivity contribution in [1.82, 2.24) is 9.80 Å². The number of carbonyl (C=O) groups is 1. The molecule has 2 aromatic carbocycles. The molecule has 2 aliphatic rings. The summed E-state index contributed by atoms with van der Waals surface area (Å²) in [4.78, 5) is 19.2. The molecule has 2 saturated heterocycles. The van der Waals surface area contributed by atoms with E-state index in [2.05, 4.69) is 33.8 Å². The lowest BCUT2D eigenvalue weighted by molar-refractivity contribution is -0.141. The third-order valence-corrected chi connectivity index (χ3v) is 7.57. The number of rotatable bonds is 8. The number of nitrogens with zero attached hydrogens (tertiary/aromatic N) is 3. The quantitative estimate of drug-likeness (QED) is 0.527. The number of benzene rings is 2. The largest absolute Gasteiger partial charge is 0.496 e. The summed E-state index contributed by atoms with van der Waals surface area (Å²) in [5.74, 6) is 1.01. The molecule has 0 amide bonds. The molecule has 2 heterocycles. The number of aryl methyl sites for hydroxylation is 1. The van der Waals surface area contributed by atoms with E-state index in [9.17, 15) is 9.18 Å². The number of piperidine rings is 1. The van der Waals surface area contributed by atoms with Gasteiger partial charge in [0.2, 0.25) is 0 Å². The number of carbonyl (C=O) groups excluding carboxylic acids is 1. The average Bonchev–Trinajstić information content (AvgIpc) is 2.88. The Bertz CT molecular complexity index is 993. The first-order valence-corrected chi connectivity index (χ1v) is 12.6. The van der Waals surface area contributed by atoms with Crippen LogP contribution in [0.15, 0.2) is 42.5 Å². The number of para-hydroxylation sites is 1. The highest BCUT2D eigenvalue weighted by Gasteiger charge is 2.35. The molecule has 2 aromatic rings. The van der Waals surface area contributed by atoms with Crippen LogP contribution in [0.2, 0.25) is 0 Å². The lowest BCUT2D eigenvalue weighted by Crippen LogP contribution is -2.56. The minimum Gasteiger partial charge on any atom is -0.496 e. The first-order chi connectivity index (χ1) is 17.0. The normalized spacial score (nSPS) is 21.7. The van der Waals surface area contributed by atoms with Gasteiger partial charge >= 0.3 is 5.97 Å². The lowest BCUT2D eigenvalue weighted by atomic mass is 9.86. The minimum atomic E-state index is -0.154. The third kappa shape index (κ3) is 6.33. The highest BCUT2D eigenvalue weighted by Crippen LogP contribution is 2.30. The van der Waals surface area contributed by atoms with Gasteiger partial charge in [0.1, 0.15) is 11.6 Å². The monoisotopic (exact) mass is 483 g/mol. The SMILES string of the molecule is COC(=O)CC[C@@H]1CN(Cc2ccc(OC)c(C)c2)CC[C@@H]1N1CCN(c2ccccc2F)CC1. The van der Waals surface area contributed by atoms with Crippen LogP contribution in [-0.4, -0.2) is 75.3 Å².